The molecule has 4 nitrogen and oxygen atoms in total. The van der Waals surface area contributed by atoms with Crippen LogP contribution in [-0.4, -0.2) is 23.0 Å². The summed E-state index contributed by atoms with van der Waals surface area (Å²) in [4.78, 5) is 10.9. The van der Waals surface area contributed by atoms with Crippen molar-refractivity contribution in [3.05, 3.63) is 34.1 Å². The van der Waals surface area contributed by atoms with Crippen molar-refractivity contribution in [3.8, 4) is 0 Å². The first-order chi connectivity index (χ1) is 8.15. The highest BCUT2D eigenvalue weighted by Gasteiger charge is 2.15. The fourth-order valence-corrected chi connectivity index (χ4v) is 2.21. The van der Waals surface area contributed by atoms with Crippen LogP contribution in [0.4, 0.5) is 4.39 Å². The molecule has 0 aliphatic carbocycles. The van der Waals surface area contributed by atoms with E-state index in [2.05, 4.69) is 31.4 Å². The van der Waals surface area contributed by atoms with E-state index in [1.807, 2.05) is 0 Å². The third-order valence-electron chi connectivity index (χ3n) is 1.89. The number of nitrogens with zero attached hydrogens (tertiary/aromatic N) is 2. The summed E-state index contributed by atoms with van der Waals surface area (Å²) < 4.78 is 13.4. The van der Waals surface area contributed by atoms with Gasteiger partial charge in [-0.05, 0) is 18.2 Å². The third-order valence-corrected chi connectivity index (χ3v) is 3.44. The van der Waals surface area contributed by atoms with Crippen molar-refractivity contribution in [1.82, 2.24) is 5.32 Å². The molecular weight excluding hydrogens is 309 g/mol. The minimum atomic E-state index is -0.320. The molecule has 1 fully saturated rings. The van der Waals surface area contributed by atoms with E-state index < -0.39 is 0 Å². The smallest absolute Gasteiger partial charge is 0.236 e. The summed E-state index contributed by atoms with van der Waals surface area (Å²) in [5.74, 6) is -0.0277. The molecule has 1 heterocycles. The second kappa shape index (κ2) is 5.42. The summed E-state index contributed by atoms with van der Waals surface area (Å²) >= 11 is 4.51. The number of amidine groups is 1. The molecule has 1 aliphatic heterocycles. The Balaban J connectivity index is 2.08. The molecule has 7 heteroatoms. The van der Waals surface area contributed by atoms with Crippen LogP contribution in [0, 0.1) is 5.82 Å². The molecule has 0 aromatic heterocycles. The number of carbonyl (C=O) groups is 1. The number of amides is 1. The van der Waals surface area contributed by atoms with Gasteiger partial charge in [0.05, 0.1) is 12.0 Å². The van der Waals surface area contributed by atoms with Gasteiger partial charge in [0.2, 0.25) is 5.91 Å². The van der Waals surface area contributed by atoms with Gasteiger partial charge in [0.15, 0.2) is 5.17 Å². The lowest BCUT2D eigenvalue weighted by atomic mass is 10.2. The van der Waals surface area contributed by atoms with Crippen LogP contribution in [0.1, 0.15) is 5.56 Å². The second-order valence-electron chi connectivity index (χ2n) is 3.15. The van der Waals surface area contributed by atoms with E-state index in [0.717, 1.165) is 0 Å². The van der Waals surface area contributed by atoms with Gasteiger partial charge >= 0.3 is 0 Å². The predicted molar refractivity (Wildman–Crippen MR) is 69.7 cm³/mol. The minimum Gasteiger partial charge on any atom is -0.303 e. The van der Waals surface area contributed by atoms with Crippen LogP contribution in [0.2, 0.25) is 0 Å². The van der Waals surface area contributed by atoms with Gasteiger partial charge in [-0.2, -0.15) is 5.10 Å². The molecule has 0 bridgehead atoms. The lowest BCUT2D eigenvalue weighted by Gasteiger charge is -1.96. The average Bonchev–Trinajstić information content (AvgIpc) is 2.68. The molecule has 1 aromatic rings. The lowest BCUT2D eigenvalue weighted by molar-refractivity contribution is -0.116. The Kier molecular flexibility index (Phi) is 3.90. The molecule has 0 atom stereocenters. The number of benzene rings is 1. The highest BCUT2D eigenvalue weighted by atomic mass is 79.9. The third kappa shape index (κ3) is 3.37. The molecule has 2 rings (SSSR count). The van der Waals surface area contributed by atoms with Crippen molar-refractivity contribution in [2.75, 3.05) is 5.75 Å². The molecule has 17 heavy (non-hydrogen) atoms. The fourth-order valence-electron chi connectivity index (χ4n) is 1.13. The maximum Gasteiger partial charge on any atom is 0.236 e. The first-order valence-electron chi connectivity index (χ1n) is 4.64. The zero-order chi connectivity index (χ0) is 12.3. The number of hydrogen-bond acceptors (Lipinski definition) is 4. The monoisotopic (exact) mass is 315 g/mol. The highest BCUT2D eigenvalue weighted by Crippen LogP contribution is 2.16. The standard InChI is InChI=1S/C10H7BrFN3OS/c11-8-3-7(12)2-1-6(8)4-13-15-10-14-9(16)5-17-10/h1-4H,5H2,(H,14,15,16). The molecule has 88 valence electrons. The van der Waals surface area contributed by atoms with Crippen LogP contribution in [-0.2, 0) is 4.79 Å². The number of halogens is 2. The summed E-state index contributed by atoms with van der Waals surface area (Å²) in [5.41, 5.74) is 0.713. The molecular formula is C10H7BrFN3OS. The van der Waals surface area contributed by atoms with Crippen molar-refractivity contribution in [2.45, 2.75) is 0 Å². The van der Waals surface area contributed by atoms with Crippen LogP contribution in [0.5, 0.6) is 0 Å². The Bertz CT molecular complexity index is 518. The van der Waals surface area contributed by atoms with E-state index in [-0.39, 0.29) is 11.7 Å². The first-order valence-corrected chi connectivity index (χ1v) is 6.42. The maximum absolute atomic E-state index is 12.8. The zero-order valence-electron chi connectivity index (χ0n) is 8.48. The van der Waals surface area contributed by atoms with Gasteiger partial charge in [-0.25, -0.2) is 4.39 Å². The van der Waals surface area contributed by atoms with Gasteiger partial charge in [-0.3, -0.25) is 4.79 Å². The Morgan fingerprint density at radius 2 is 2.35 bits per heavy atom. The Morgan fingerprint density at radius 3 is 3.00 bits per heavy atom. The van der Waals surface area contributed by atoms with Crippen LogP contribution < -0.4 is 5.32 Å². The zero-order valence-corrected chi connectivity index (χ0v) is 10.9. The van der Waals surface area contributed by atoms with Crippen molar-refractivity contribution in [1.29, 1.82) is 0 Å². The van der Waals surface area contributed by atoms with Gasteiger partial charge < -0.3 is 5.32 Å². The average molecular weight is 316 g/mol. The highest BCUT2D eigenvalue weighted by molar-refractivity contribution is 9.10. The van der Waals surface area contributed by atoms with Crippen LogP contribution >= 0.6 is 27.7 Å². The molecule has 1 amide bonds. The summed E-state index contributed by atoms with van der Waals surface area (Å²) in [6.07, 6.45) is 1.49. The van der Waals surface area contributed by atoms with Crippen molar-refractivity contribution in [3.63, 3.8) is 0 Å². The molecule has 0 saturated carbocycles. The van der Waals surface area contributed by atoms with Gasteiger partial charge in [0, 0.05) is 10.0 Å². The number of carbonyl (C=O) groups excluding carboxylic acids is 1. The van der Waals surface area contributed by atoms with Crippen LogP contribution in [0.25, 0.3) is 0 Å². The molecule has 1 N–H and O–H groups in total. The quantitative estimate of drug-likeness (QED) is 0.671. The summed E-state index contributed by atoms with van der Waals surface area (Å²) in [6, 6.07) is 4.27. The normalized spacial score (nSPS) is 18.0. The summed E-state index contributed by atoms with van der Waals surface area (Å²) in [6.45, 7) is 0. The van der Waals surface area contributed by atoms with Crippen molar-refractivity contribution >= 4 is 45.0 Å². The van der Waals surface area contributed by atoms with E-state index >= 15 is 0 Å². The second-order valence-corrected chi connectivity index (χ2v) is 4.97. The SMILES string of the molecule is O=C1CSC(=NN=Cc2ccc(F)cc2Br)N1. The number of nitrogens with one attached hydrogen (secondary N) is 1. The van der Waals surface area contributed by atoms with E-state index in [1.165, 1.54) is 30.1 Å². The van der Waals surface area contributed by atoms with E-state index in [4.69, 9.17) is 0 Å². The van der Waals surface area contributed by atoms with Gasteiger partial charge in [-0.15, -0.1) is 5.10 Å². The maximum atomic E-state index is 12.8. The predicted octanol–water partition coefficient (Wildman–Crippen LogP) is 2.14. The number of hydrogen-bond donors (Lipinski definition) is 1. The van der Waals surface area contributed by atoms with Crippen LogP contribution in [0.3, 0.4) is 0 Å². The molecule has 1 aromatic carbocycles. The van der Waals surface area contributed by atoms with E-state index in [1.54, 1.807) is 6.07 Å². The Labute approximate surface area is 110 Å². The molecule has 1 aliphatic rings. The van der Waals surface area contributed by atoms with Gasteiger partial charge in [0.25, 0.3) is 0 Å². The molecule has 0 unspecified atom stereocenters. The first kappa shape index (κ1) is 12.3. The largest absolute Gasteiger partial charge is 0.303 e. The summed E-state index contributed by atoms with van der Waals surface area (Å²) in [5, 5.41) is 10.7. The van der Waals surface area contributed by atoms with Crippen LogP contribution in [0.15, 0.2) is 32.9 Å². The number of rotatable bonds is 2. The topological polar surface area (TPSA) is 53.8 Å². The molecule has 0 spiro atoms. The fraction of sp³-hybridized carbons (Fsp3) is 0.100. The minimum absolute atomic E-state index is 0.0769. The summed E-state index contributed by atoms with van der Waals surface area (Å²) in [7, 11) is 0. The van der Waals surface area contributed by atoms with Crippen molar-refractivity contribution in [2.24, 2.45) is 10.2 Å². The van der Waals surface area contributed by atoms with Crippen molar-refractivity contribution < 1.29 is 9.18 Å². The van der Waals surface area contributed by atoms with E-state index in [0.29, 0.717) is 21.0 Å². The molecule has 0 radical (unpaired) electrons. The lowest BCUT2D eigenvalue weighted by Crippen LogP contribution is -2.19. The Hall–Kier alpha value is -1.21. The Morgan fingerprint density at radius 1 is 1.53 bits per heavy atom. The number of thioether (sulfide) groups is 1. The van der Waals surface area contributed by atoms with Gasteiger partial charge in [0.1, 0.15) is 5.82 Å². The van der Waals surface area contributed by atoms with E-state index in [9.17, 15) is 9.18 Å². The van der Waals surface area contributed by atoms with Gasteiger partial charge in [-0.1, -0.05) is 27.7 Å². The molecule has 1 saturated heterocycles.